The molecule has 5 nitrogen and oxygen atoms in total. The van der Waals surface area contributed by atoms with E-state index in [0.29, 0.717) is 6.54 Å². The smallest absolute Gasteiger partial charge is 0.256 e. The van der Waals surface area contributed by atoms with Gasteiger partial charge in [-0.3, -0.25) is 4.79 Å². The molecule has 1 heterocycles. The van der Waals surface area contributed by atoms with Crippen LogP contribution in [0.15, 0.2) is 34.9 Å². The number of hydrogen-bond acceptors (Lipinski definition) is 4. The molecule has 0 bridgehead atoms. The molecule has 0 aliphatic heterocycles. The first kappa shape index (κ1) is 17.7. The molecule has 1 aromatic heterocycles. The van der Waals surface area contributed by atoms with Crippen LogP contribution >= 0.6 is 0 Å². The van der Waals surface area contributed by atoms with Crippen molar-refractivity contribution in [2.24, 2.45) is 0 Å². The summed E-state index contributed by atoms with van der Waals surface area (Å²) in [4.78, 5) is 14.8. The number of ether oxygens (including phenoxy) is 1. The van der Waals surface area contributed by atoms with Gasteiger partial charge in [-0.05, 0) is 32.3 Å². The number of benzene rings is 1. The lowest BCUT2D eigenvalue weighted by molar-refractivity contribution is -0.147. The van der Waals surface area contributed by atoms with Gasteiger partial charge in [-0.1, -0.05) is 48.3 Å². The predicted molar refractivity (Wildman–Crippen MR) is 95.0 cm³/mol. The molecule has 5 heteroatoms. The van der Waals surface area contributed by atoms with E-state index >= 15 is 0 Å². The molecular formula is C20H26N2O3. The summed E-state index contributed by atoms with van der Waals surface area (Å²) in [7, 11) is 1.81. The first-order valence-electron chi connectivity index (χ1n) is 8.93. The number of amides is 1. The van der Waals surface area contributed by atoms with Crippen LogP contribution in [-0.2, 0) is 16.1 Å². The minimum atomic E-state index is -0.560. The van der Waals surface area contributed by atoms with Crippen molar-refractivity contribution in [3.63, 3.8) is 0 Å². The zero-order valence-corrected chi connectivity index (χ0v) is 15.2. The van der Waals surface area contributed by atoms with E-state index in [1.54, 1.807) is 4.90 Å². The Morgan fingerprint density at radius 1 is 1.28 bits per heavy atom. The van der Waals surface area contributed by atoms with Gasteiger partial charge in [0, 0.05) is 12.6 Å². The Morgan fingerprint density at radius 3 is 2.56 bits per heavy atom. The fourth-order valence-corrected chi connectivity index (χ4v) is 3.37. The number of carbonyl (C=O) groups excluding carboxylic acids is 1. The number of carbonyl (C=O) groups is 1. The Kier molecular flexibility index (Phi) is 5.53. The largest absolute Gasteiger partial charge is 0.361 e. The van der Waals surface area contributed by atoms with E-state index in [9.17, 15) is 4.79 Å². The quantitative estimate of drug-likeness (QED) is 0.797. The van der Waals surface area contributed by atoms with Crippen LogP contribution in [0.5, 0.6) is 0 Å². The molecule has 134 valence electrons. The maximum Gasteiger partial charge on any atom is 0.256 e. The molecule has 0 saturated heterocycles. The molecule has 0 radical (unpaired) electrons. The zero-order valence-electron chi connectivity index (χ0n) is 15.2. The van der Waals surface area contributed by atoms with E-state index in [4.69, 9.17) is 9.26 Å². The molecular weight excluding hydrogens is 316 g/mol. The van der Waals surface area contributed by atoms with E-state index in [-0.39, 0.29) is 12.0 Å². The van der Waals surface area contributed by atoms with Gasteiger partial charge in [0.2, 0.25) is 0 Å². The maximum atomic E-state index is 13.1. The third-order valence-corrected chi connectivity index (χ3v) is 4.91. The predicted octanol–water partition coefficient (Wildman–Crippen LogP) is 3.95. The molecule has 1 atom stereocenters. The van der Waals surface area contributed by atoms with Crippen LogP contribution in [0.4, 0.5) is 0 Å². The lowest BCUT2D eigenvalue weighted by atomic mass is 10.1. The number of likely N-dealkylation sites (N-methyl/N-ethyl adjacent to an activating group) is 1. The molecule has 3 rings (SSSR count). The summed E-state index contributed by atoms with van der Waals surface area (Å²) < 4.78 is 11.4. The van der Waals surface area contributed by atoms with E-state index in [1.165, 1.54) is 12.8 Å². The first-order valence-corrected chi connectivity index (χ1v) is 8.93. The van der Waals surface area contributed by atoms with Gasteiger partial charge in [0.25, 0.3) is 5.91 Å². The molecule has 25 heavy (non-hydrogen) atoms. The van der Waals surface area contributed by atoms with Crippen molar-refractivity contribution < 1.29 is 14.1 Å². The molecule has 1 amide bonds. The minimum absolute atomic E-state index is 0.0295. The monoisotopic (exact) mass is 342 g/mol. The van der Waals surface area contributed by atoms with Crippen molar-refractivity contribution in [2.45, 2.75) is 58.3 Å². The Balaban J connectivity index is 1.78. The van der Waals surface area contributed by atoms with Gasteiger partial charge >= 0.3 is 0 Å². The number of aromatic nitrogens is 1. The summed E-state index contributed by atoms with van der Waals surface area (Å²) in [5.41, 5.74) is 2.69. The normalized spacial score (nSPS) is 16.1. The third kappa shape index (κ3) is 4.10. The van der Waals surface area contributed by atoms with E-state index in [2.05, 4.69) is 5.16 Å². The zero-order chi connectivity index (χ0) is 17.8. The van der Waals surface area contributed by atoms with Crippen LogP contribution in [0.1, 0.15) is 54.4 Å². The minimum Gasteiger partial charge on any atom is -0.361 e. The highest BCUT2D eigenvalue weighted by Gasteiger charge is 2.30. The summed E-state index contributed by atoms with van der Waals surface area (Å²) in [6.07, 6.45) is 4.02. The summed E-state index contributed by atoms with van der Waals surface area (Å²) in [5, 5.41) is 3.97. The molecule has 1 saturated carbocycles. The Bertz CT molecular complexity index is 685. The standard InChI is InChI=1S/C20H26N2O3/c1-14-18(15(2)25-21-14)13-22(3)20(23)19(16-9-5-4-6-10-16)24-17-11-7-8-12-17/h4-6,9-10,17,19H,7-8,11-13H2,1-3H3/t19-/m1/s1. The van der Waals surface area contributed by atoms with Crippen LogP contribution in [0, 0.1) is 13.8 Å². The van der Waals surface area contributed by atoms with Gasteiger partial charge in [0.05, 0.1) is 18.3 Å². The number of hydrogen-bond donors (Lipinski definition) is 0. The number of aryl methyl sites for hydroxylation is 2. The topological polar surface area (TPSA) is 55.6 Å². The van der Waals surface area contributed by atoms with Crippen molar-refractivity contribution >= 4 is 5.91 Å². The second-order valence-electron chi connectivity index (χ2n) is 6.83. The van der Waals surface area contributed by atoms with E-state index < -0.39 is 6.10 Å². The van der Waals surface area contributed by atoms with Crippen LogP contribution in [0.25, 0.3) is 0 Å². The molecule has 0 unspecified atom stereocenters. The van der Waals surface area contributed by atoms with Crippen LogP contribution < -0.4 is 0 Å². The van der Waals surface area contributed by atoms with Gasteiger partial charge in [-0.15, -0.1) is 0 Å². The third-order valence-electron chi connectivity index (χ3n) is 4.91. The SMILES string of the molecule is Cc1noc(C)c1CN(C)C(=O)[C@H](OC1CCCC1)c1ccccc1. The second kappa shape index (κ2) is 7.83. The van der Waals surface area contributed by atoms with Gasteiger partial charge < -0.3 is 14.2 Å². The van der Waals surface area contributed by atoms with Crippen molar-refractivity contribution in [3.8, 4) is 0 Å². The number of nitrogens with zero attached hydrogens (tertiary/aromatic N) is 2. The molecule has 1 aliphatic carbocycles. The Hall–Kier alpha value is -2.14. The first-order chi connectivity index (χ1) is 12.1. The molecule has 1 aliphatic rings. The summed E-state index contributed by atoms with van der Waals surface area (Å²) in [6.45, 7) is 4.24. The highest BCUT2D eigenvalue weighted by Crippen LogP contribution is 2.29. The lowest BCUT2D eigenvalue weighted by Crippen LogP contribution is -2.34. The van der Waals surface area contributed by atoms with Crippen LogP contribution in [0.2, 0.25) is 0 Å². The summed E-state index contributed by atoms with van der Waals surface area (Å²) >= 11 is 0. The van der Waals surface area contributed by atoms with Gasteiger partial charge in [0.15, 0.2) is 6.10 Å². The second-order valence-corrected chi connectivity index (χ2v) is 6.83. The molecule has 0 N–H and O–H groups in total. The fraction of sp³-hybridized carbons (Fsp3) is 0.500. The molecule has 0 spiro atoms. The summed E-state index contributed by atoms with van der Waals surface area (Å²) in [6, 6.07) is 9.76. The van der Waals surface area contributed by atoms with Crippen molar-refractivity contribution in [2.75, 3.05) is 7.05 Å². The van der Waals surface area contributed by atoms with Gasteiger partial charge in [-0.25, -0.2) is 0 Å². The molecule has 1 fully saturated rings. The maximum absolute atomic E-state index is 13.1. The highest BCUT2D eigenvalue weighted by atomic mass is 16.5. The van der Waals surface area contributed by atoms with Crippen molar-refractivity contribution in [3.05, 3.63) is 52.9 Å². The van der Waals surface area contributed by atoms with E-state index in [1.807, 2.05) is 51.2 Å². The average molecular weight is 342 g/mol. The van der Waals surface area contributed by atoms with Gasteiger partial charge in [0.1, 0.15) is 5.76 Å². The van der Waals surface area contributed by atoms with Crippen LogP contribution in [-0.4, -0.2) is 29.1 Å². The number of rotatable bonds is 6. The highest BCUT2D eigenvalue weighted by molar-refractivity contribution is 5.82. The van der Waals surface area contributed by atoms with Crippen molar-refractivity contribution in [1.29, 1.82) is 0 Å². The summed E-state index contributed by atoms with van der Waals surface area (Å²) in [5.74, 6) is 0.725. The van der Waals surface area contributed by atoms with E-state index in [0.717, 1.165) is 35.4 Å². The lowest BCUT2D eigenvalue weighted by Gasteiger charge is -2.26. The van der Waals surface area contributed by atoms with Crippen LogP contribution in [0.3, 0.4) is 0 Å². The van der Waals surface area contributed by atoms with Crippen molar-refractivity contribution in [1.82, 2.24) is 10.1 Å². The average Bonchev–Trinajstić information content (AvgIpc) is 3.25. The fourth-order valence-electron chi connectivity index (χ4n) is 3.37. The van der Waals surface area contributed by atoms with Gasteiger partial charge in [-0.2, -0.15) is 0 Å². The molecule has 1 aromatic carbocycles. The molecule has 2 aromatic rings. The Labute approximate surface area is 148 Å². The Morgan fingerprint density at radius 2 is 1.96 bits per heavy atom.